The molecule has 2 aromatic rings. The van der Waals surface area contributed by atoms with E-state index in [1.165, 1.54) is 26.2 Å². The van der Waals surface area contributed by atoms with Gasteiger partial charge in [0.1, 0.15) is 5.82 Å². The van der Waals surface area contributed by atoms with Crippen molar-refractivity contribution in [2.45, 2.75) is 23.3 Å². The molecule has 8 nitrogen and oxygen atoms in total. The van der Waals surface area contributed by atoms with Gasteiger partial charge in [0.25, 0.3) is 0 Å². The number of benzene rings is 2. The van der Waals surface area contributed by atoms with Crippen molar-refractivity contribution in [3.05, 3.63) is 59.9 Å². The molecule has 0 heterocycles. The summed E-state index contributed by atoms with van der Waals surface area (Å²) in [5.74, 6) is -1.08. The van der Waals surface area contributed by atoms with E-state index in [1.54, 1.807) is 19.1 Å². The van der Waals surface area contributed by atoms with Gasteiger partial charge >= 0.3 is 0 Å². The van der Waals surface area contributed by atoms with E-state index in [0.29, 0.717) is 5.56 Å². The molecule has 0 fully saturated rings. The highest BCUT2D eigenvalue weighted by Gasteiger charge is 2.25. The van der Waals surface area contributed by atoms with E-state index in [9.17, 15) is 26.0 Å². The second kappa shape index (κ2) is 9.65. The van der Waals surface area contributed by atoms with Crippen molar-refractivity contribution in [2.75, 3.05) is 27.2 Å². The normalized spacial score (nSPS) is 12.3. The van der Waals surface area contributed by atoms with E-state index in [0.717, 1.165) is 32.9 Å². The summed E-state index contributed by atoms with van der Waals surface area (Å²) in [6, 6.07) is 10.4. The fraction of sp³-hybridized carbons (Fsp3) is 0.316. The van der Waals surface area contributed by atoms with Crippen LogP contribution in [-0.2, 0) is 31.4 Å². The number of hydrogen-bond donors (Lipinski definition) is 1. The van der Waals surface area contributed by atoms with Crippen LogP contribution in [0.25, 0.3) is 0 Å². The Hall–Kier alpha value is -2.34. The molecule has 0 bridgehead atoms. The van der Waals surface area contributed by atoms with Gasteiger partial charge < -0.3 is 5.32 Å². The van der Waals surface area contributed by atoms with Gasteiger partial charge in [-0.3, -0.25) is 4.79 Å². The van der Waals surface area contributed by atoms with Crippen LogP contribution in [0.4, 0.5) is 4.39 Å². The molecular formula is C19H24FN3O5S2. The Bertz CT molecular complexity index is 1080. The van der Waals surface area contributed by atoms with E-state index in [4.69, 9.17) is 0 Å². The molecule has 30 heavy (non-hydrogen) atoms. The Morgan fingerprint density at radius 2 is 1.40 bits per heavy atom. The van der Waals surface area contributed by atoms with Crippen LogP contribution < -0.4 is 5.32 Å². The Labute approximate surface area is 176 Å². The zero-order valence-corrected chi connectivity index (χ0v) is 18.5. The zero-order chi connectivity index (χ0) is 22.5. The zero-order valence-electron chi connectivity index (χ0n) is 16.9. The van der Waals surface area contributed by atoms with Crippen LogP contribution in [0.5, 0.6) is 0 Å². The van der Waals surface area contributed by atoms with Gasteiger partial charge in [0.05, 0.1) is 16.3 Å². The first-order valence-corrected chi connectivity index (χ1v) is 11.9. The monoisotopic (exact) mass is 457 g/mol. The SMILES string of the molecule is CCN(CC(=O)NCc1ccc(S(=O)(=O)N(C)C)cc1)S(=O)(=O)c1ccc(F)cc1. The highest BCUT2D eigenvalue weighted by Crippen LogP contribution is 2.16. The third-order valence-corrected chi connectivity index (χ3v) is 8.08. The molecule has 0 radical (unpaired) electrons. The Morgan fingerprint density at radius 3 is 1.90 bits per heavy atom. The minimum Gasteiger partial charge on any atom is -0.351 e. The van der Waals surface area contributed by atoms with Gasteiger partial charge in [-0.2, -0.15) is 4.31 Å². The van der Waals surface area contributed by atoms with Crippen LogP contribution in [0.1, 0.15) is 12.5 Å². The highest BCUT2D eigenvalue weighted by atomic mass is 32.2. The van der Waals surface area contributed by atoms with E-state index in [2.05, 4.69) is 5.32 Å². The molecule has 0 spiro atoms. The summed E-state index contributed by atoms with van der Waals surface area (Å²) in [4.78, 5) is 12.3. The first-order valence-electron chi connectivity index (χ1n) is 9.02. The molecule has 0 aliphatic rings. The number of carbonyl (C=O) groups is 1. The number of nitrogens with one attached hydrogen (secondary N) is 1. The van der Waals surface area contributed by atoms with E-state index >= 15 is 0 Å². The fourth-order valence-electron chi connectivity index (χ4n) is 2.53. The topological polar surface area (TPSA) is 104 Å². The first kappa shape index (κ1) is 23.9. The molecule has 1 N–H and O–H groups in total. The minimum absolute atomic E-state index is 0.0597. The van der Waals surface area contributed by atoms with Gasteiger partial charge in [-0.15, -0.1) is 0 Å². The number of sulfonamides is 2. The van der Waals surface area contributed by atoms with Crippen molar-refractivity contribution in [1.82, 2.24) is 13.9 Å². The lowest BCUT2D eigenvalue weighted by Crippen LogP contribution is -2.40. The first-order chi connectivity index (χ1) is 14.0. The fourth-order valence-corrected chi connectivity index (χ4v) is 4.84. The van der Waals surface area contributed by atoms with Gasteiger partial charge in [-0.25, -0.2) is 25.5 Å². The second-order valence-electron chi connectivity index (χ2n) is 6.59. The standard InChI is InChI=1S/C19H24FN3O5S2/c1-4-23(30(27,28)18-11-7-16(20)8-12-18)14-19(24)21-13-15-5-9-17(10-6-15)29(25,26)22(2)3/h5-12H,4,13-14H2,1-3H3,(H,21,24). The molecule has 0 aromatic heterocycles. The second-order valence-corrected chi connectivity index (χ2v) is 10.7. The average molecular weight is 458 g/mol. The van der Waals surface area contributed by atoms with Crippen molar-refractivity contribution in [3.8, 4) is 0 Å². The minimum atomic E-state index is -3.94. The molecule has 0 atom stereocenters. The molecule has 1 amide bonds. The Balaban J connectivity index is 2.01. The molecule has 2 aromatic carbocycles. The third kappa shape index (κ3) is 5.63. The number of carbonyl (C=O) groups excluding carboxylic acids is 1. The predicted octanol–water partition coefficient (Wildman–Crippen LogP) is 1.40. The largest absolute Gasteiger partial charge is 0.351 e. The number of halogens is 1. The Morgan fingerprint density at radius 1 is 0.900 bits per heavy atom. The highest BCUT2D eigenvalue weighted by molar-refractivity contribution is 7.89. The lowest BCUT2D eigenvalue weighted by molar-refractivity contribution is -0.121. The van der Waals surface area contributed by atoms with Gasteiger partial charge in [-0.1, -0.05) is 19.1 Å². The van der Waals surface area contributed by atoms with Crippen molar-refractivity contribution >= 4 is 26.0 Å². The molecule has 0 aliphatic heterocycles. The molecular weight excluding hydrogens is 433 g/mol. The van der Waals surface area contributed by atoms with Gasteiger partial charge in [0.15, 0.2) is 0 Å². The number of hydrogen-bond acceptors (Lipinski definition) is 5. The number of amides is 1. The predicted molar refractivity (Wildman–Crippen MR) is 110 cm³/mol. The molecule has 0 aliphatic carbocycles. The summed E-state index contributed by atoms with van der Waals surface area (Å²) >= 11 is 0. The van der Waals surface area contributed by atoms with Gasteiger partial charge in [-0.05, 0) is 42.0 Å². The van der Waals surface area contributed by atoms with Crippen molar-refractivity contribution in [3.63, 3.8) is 0 Å². The number of rotatable bonds is 9. The van der Waals surface area contributed by atoms with Gasteiger partial charge in [0, 0.05) is 27.2 Å². The van der Waals surface area contributed by atoms with Crippen molar-refractivity contribution in [2.24, 2.45) is 0 Å². The van der Waals surface area contributed by atoms with Gasteiger partial charge in [0.2, 0.25) is 26.0 Å². The summed E-state index contributed by atoms with van der Waals surface area (Å²) in [5, 5.41) is 2.61. The Kier molecular flexibility index (Phi) is 7.70. The summed E-state index contributed by atoms with van der Waals surface area (Å²) in [6.07, 6.45) is 0. The van der Waals surface area contributed by atoms with Crippen molar-refractivity contribution < 1.29 is 26.0 Å². The van der Waals surface area contributed by atoms with E-state index in [1.807, 2.05) is 0 Å². The third-order valence-electron chi connectivity index (χ3n) is 4.32. The quantitative estimate of drug-likeness (QED) is 0.613. The summed E-state index contributed by atoms with van der Waals surface area (Å²) in [7, 11) is -4.62. The lowest BCUT2D eigenvalue weighted by atomic mass is 10.2. The molecule has 0 saturated heterocycles. The maximum Gasteiger partial charge on any atom is 0.243 e. The molecule has 0 unspecified atom stereocenters. The molecule has 164 valence electrons. The summed E-state index contributed by atoms with van der Waals surface area (Å²) in [6.45, 7) is 1.36. The van der Waals surface area contributed by atoms with Crippen LogP contribution in [-0.4, -0.2) is 58.5 Å². The molecule has 0 saturated carbocycles. The average Bonchev–Trinajstić information content (AvgIpc) is 2.70. The summed E-state index contributed by atoms with van der Waals surface area (Å²) in [5.41, 5.74) is 0.658. The van der Waals surface area contributed by atoms with Crippen LogP contribution in [0, 0.1) is 5.82 Å². The van der Waals surface area contributed by atoms with Crippen LogP contribution in [0.3, 0.4) is 0 Å². The maximum atomic E-state index is 13.1. The van der Waals surface area contributed by atoms with E-state index < -0.39 is 38.3 Å². The van der Waals surface area contributed by atoms with Crippen LogP contribution in [0.15, 0.2) is 58.3 Å². The maximum absolute atomic E-state index is 13.1. The number of likely N-dealkylation sites (N-methyl/N-ethyl adjacent to an activating group) is 1. The van der Waals surface area contributed by atoms with E-state index in [-0.39, 0.29) is 22.9 Å². The molecule has 2 rings (SSSR count). The van der Waals surface area contributed by atoms with Crippen LogP contribution in [0.2, 0.25) is 0 Å². The number of nitrogens with zero attached hydrogens (tertiary/aromatic N) is 2. The molecule has 11 heteroatoms. The van der Waals surface area contributed by atoms with Crippen LogP contribution >= 0.6 is 0 Å². The lowest BCUT2D eigenvalue weighted by Gasteiger charge is -2.20. The smallest absolute Gasteiger partial charge is 0.243 e. The summed E-state index contributed by atoms with van der Waals surface area (Å²) < 4.78 is 64.5. The van der Waals surface area contributed by atoms with Crippen molar-refractivity contribution in [1.29, 1.82) is 0 Å².